The molecule has 13 heavy (non-hydrogen) atoms. The average molecular weight is 264 g/mol. The van der Waals surface area contributed by atoms with Crippen LogP contribution in [0.2, 0.25) is 0 Å². The van der Waals surface area contributed by atoms with Gasteiger partial charge in [-0.05, 0) is 18.2 Å². The monoisotopic (exact) mass is 263 g/mol. The van der Waals surface area contributed by atoms with Crippen molar-refractivity contribution in [2.45, 2.75) is 11.8 Å². The molecule has 0 amide bonds. The minimum absolute atomic E-state index is 0.281. The molecule has 0 radical (unpaired) electrons. The van der Waals surface area contributed by atoms with Gasteiger partial charge in [0.2, 0.25) is 10.0 Å². The van der Waals surface area contributed by atoms with E-state index in [2.05, 4.69) is 20.7 Å². The molecule has 0 atom stereocenters. The number of sulfonamides is 1. The molecule has 0 unspecified atom stereocenters. The van der Waals surface area contributed by atoms with Crippen LogP contribution < -0.4 is 4.72 Å². The van der Waals surface area contributed by atoms with Crippen LogP contribution in [0.4, 0.5) is 0 Å². The highest BCUT2D eigenvalue weighted by Crippen LogP contribution is 2.15. The van der Waals surface area contributed by atoms with E-state index < -0.39 is 10.0 Å². The Kier molecular flexibility index (Phi) is 3.47. The van der Waals surface area contributed by atoms with Crippen molar-refractivity contribution in [1.82, 2.24) is 4.72 Å². The zero-order valence-corrected chi connectivity index (χ0v) is 9.52. The number of benzene rings is 1. The van der Waals surface area contributed by atoms with Crippen LogP contribution in [0.5, 0.6) is 0 Å². The maximum Gasteiger partial charge on any atom is 0.240 e. The first-order chi connectivity index (χ1) is 6.06. The molecule has 1 N–H and O–H groups in total. The molecular formula is C8H10BrNO2S. The molecule has 5 heteroatoms. The molecule has 0 saturated heterocycles. The van der Waals surface area contributed by atoms with Crippen molar-refractivity contribution in [2.24, 2.45) is 0 Å². The van der Waals surface area contributed by atoms with Crippen LogP contribution in [-0.2, 0) is 10.0 Å². The van der Waals surface area contributed by atoms with E-state index in [0.717, 1.165) is 4.47 Å². The van der Waals surface area contributed by atoms with Gasteiger partial charge in [-0.25, -0.2) is 13.1 Å². The van der Waals surface area contributed by atoms with E-state index in [0.29, 0.717) is 6.54 Å². The quantitative estimate of drug-likeness (QED) is 0.904. The fraction of sp³-hybridized carbons (Fsp3) is 0.250. The van der Waals surface area contributed by atoms with Gasteiger partial charge >= 0.3 is 0 Å². The van der Waals surface area contributed by atoms with Gasteiger partial charge in [-0.3, -0.25) is 0 Å². The molecule has 0 fully saturated rings. The third kappa shape index (κ3) is 2.79. The van der Waals surface area contributed by atoms with Crippen LogP contribution in [0.1, 0.15) is 6.92 Å². The minimum Gasteiger partial charge on any atom is -0.211 e. The van der Waals surface area contributed by atoms with E-state index in [1.807, 2.05) is 0 Å². The summed E-state index contributed by atoms with van der Waals surface area (Å²) in [6, 6.07) is 6.60. The molecule has 3 nitrogen and oxygen atoms in total. The molecule has 0 heterocycles. The second-order valence-corrected chi connectivity index (χ2v) is 5.14. The standard InChI is InChI=1S/C8H10BrNO2S/c1-2-10-13(11,12)8-5-3-4-7(9)6-8/h3-6,10H,2H2,1H3. The van der Waals surface area contributed by atoms with E-state index in [4.69, 9.17) is 0 Å². The molecule has 0 aliphatic rings. The zero-order valence-electron chi connectivity index (χ0n) is 7.12. The van der Waals surface area contributed by atoms with Crippen LogP contribution in [-0.4, -0.2) is 15.0 Å². The Morgan fingerprint density at radius 1 is 1.46 bits per heavy atom. The fourth-order valence-electron chi connectivity index (χ4n) is 0.908. The summed E-state index contributed by atoms with van der Waals surface area (Å²) < 4.78 is 26.1. The third-order valence-corrected chi connectivity index (χ3v) is 3.48. The second-order valence-electron chi connectivity index (χ2n) is 2.46. The maximum atomic E-state index is 11.5. The van der Waals surface area contributed by atoms with Crippen LogP contribution in [0, 0.1) is 0 Å². The van der Waals surface area contributed by atoms with E-state index >= 15 is 0 Å². The lowest BCUT2D eigenvalue weighted by molar-refractivity contribution is 0.584. The smallest absolute Gasteiger partial charge is 0.211 e. The first kappa shape index (κ1) is 10.7. The number of rotatable bonds is 3. The number of nitrogens with one attached hydrogen (secondary N) is 1. The summed E-state index contributed by atoms with van der Waals surface area (Å²) in [5, 5.41) is 0. The topological polar surface area (TPSA) is 46.2 Å². The Balaban J connectivity index is 3.08. The van der Waals surface area contributed by atoms with E-state index in [1.54, 1.807) is 31.2 Å². The van der Waals surface area contributed by atoms with Crippen molar-refractivity contribution < 1.29 is 8.42 Å². The Morgan fingerprint density at radius 2 is 2.15 bits per heavy atom. The Labute approximate surface area is 86.3 Å². The largest absolute Gasteiger partial charge is 0.240 e. The third-order valence-electron chi connectivity index (χ3n) is 1.44. The molecule has 72 valence electrons. The molecule has 0 aliphatic carbocycles. The van der Waals surface area contributed by atoms with E-state index in [9.17, 15) is 8.42 Å². The molecule has 0 spiro atoms. The predicted octanol–water partition coefficient (Wildman–Crippen LogP) is 1.75. The predicted molar refractivity (Wildman–Crippen MR) is 55.0 cm³/mol. The van der Waals surface area contributed by atoms with E-state index in [1.165, 1.54) is 0 Å². The van der Waals surface area contributed by atoms with Gasteiger partial charge in [0.1, 0.15) is 0 Å². The van der Waals surface area contributed by atoms with Crippen molar-refractivity contribution in [1.29, 1.82) is 0 Å². The highest BCUT2D eigenvalue weighted by Gasteiger charge is 2.11. The fourth-order valence-corrected chi connectivity index (χ4v) is 2.54. The summed E-state index contributed by atoms with van der Waals surface area (Å²) in [6.45, 7) is 2.14. The van der Waals surface area contributed by atoms with Gasteiger partial charge in [-0.2, -0.15) is 0 Å². The molecule has 1 aromatic rings. The summed E-state index contributed by atoms with van der Waals surface area (Å²) >= 11 is 3.21. The maximum absolute atomic E-state index is 11.5. The van der Waals surface area contributed by atoms with Crippen molar-refractivity contribution in [3.8, 4) is 0 Å². The lowest BCUT2D eigenvalue weighted by atomic mass is 10.4. The van der Waals surface area contributed by atoms with Crippen molar-refractivity contribution in [3.63, 3.8) is 0 Å². The molecule has 0 bridgehead atoms. The normalized spacial score (nSPS) is 11.5. The summed E-state index contributed by atoms with van der Waals surface area (Å²) in [6.07, 6.45) is 0. The second kappa shape index (κ2) is 4.21. The summed E-state index contributed by atoms with van der Waals surface area (Å²) in [5.41, 5.74) is 0. The lowest BCUT2D eigenvalue weighted by Gasteiger charge is -2.03. The molecule has 0 saturated carbocycles. The van der Waals surface area contributed by atoms with Crippen LogP contribution >= 0.6 is 15.9 Å². The highest BCUT2D eigenvalue weighted by atomic mass is 79.9. The van der Waals surface area contributed by atoms with Gasteiger partial charge in [0.15, 0.2) is 0 Å². The van der Waals surface area contributed by atoms with Crippen molar-refractivity contribution in [2.75, 3.05) is 6.54 Å². The van der Waals surface area contributed by atoms with Gasteiger partial charge < -0.3 is 0 Å². The summed E-state index contributed by atoms with van der Waals surface area (Å²) in [4.78, 5) is 0.281. The molecule has 1 rings (SSSR count). The van der Waals surface area contributed by atoms with Crippen molar-refractivity contribution in [3.05, 3.63) is 28.7 Å². The Hall–Kier alpha value is -0.390. The summed E-state index contributed by atoms with van der Waals surface area (Å²) in [7, 11) is -3.31. The zero-order chi connectivity index (χ0) is 9.90. The van der Waals surface area contributed by atoms with Crippen LogP contribution in [0.15, 0.2) is 33.6 Å². The summed E-state index contributed by atoms with van der Waals surface area (Å²) in [5.74, 6) is 0. The lowest BCUT2D eigenvalue weighted by Crippen LogP contribution is -2.22. The van der Waals surface area contributed by atoms with Crippen LogP contribution in [0.25, 0.3) is 0 Å². The first-order valence-corrected chi connectivity index (χ1v) is 6.09. The minimum atomic E-state index is -3.31. The van der Waals surface area contributed by atoms with Gasteiger partial charge in [0, 0.05) is 11.0 Å². The van der Waals surface area contributed by atoms with Crippen molar-refractivity contribution >= 4 is 26.0 Å². The van der Waals surface area contributed by atoms with Gasteiger partial charge in [-0.1, -0.05) is 28.9 Å². The highest BCUT2D eigenvalue weighted by molar-refractivity contribution is 9.10. The number of halogens is 1. The average Bonchev–Trinajstić information content (AvgIpc) is 2.04. The number of hydrogen-bond donors (Lipinski definition) is 1. The number of hydrogen-bond acceptors (Lipinski definition) is 2. The van der Waals surface area contributed by atoms with E-state index in [-0.39, 0.29) is 4.90 Å². The van der Waals surface area contributed by atoms with Gasteiger partial charge in [-0.15, -0.1) is 0 Å². The molecule has 1 aromatic carbocycles. The van der Waals surface area contributed by atoms with Crippen LogP contribution in [0.3, 0.4) is 0 Å². The molecule has 0 aromatic heterocycles. The molecule has 0 aliphatic heterocycles. The Morgan fingerprint density at radius 3 is 2.69 bits per heavy atom. The molecular weight excluding hydrogens is 254 g/mol. The van der Waals surface area contributed by atoms with Gasteiger partial charge in [0.05, 0.1) is 4.90 Å². The Bertz CT molecular complexity index is 389. The SMILES string of the molecule is CCNS(=O)(=O)c1cccc(Br)c1. The van der Waals surface area contributed by atoms with Gasteiger partial charge in [0.25, 0.3) is 0 Å². The first-order valence-electron chi connectivity index (χ1n) is 3.81.